The van der Waals surface area contributed by atoms with E-state index < -0.39 is 23.1 Å². The van der Waals surface area contributed by atoms with Crippen molar-refractivity contribution in [2.24, 2.45) is 0 Å². The number of ether oxygens (including phenoxy) is 2. The Morgan fingerprint density at radius 3 is 2.19 bits per heavy atom. The molecule has 0 aromatic rings. The molecular formula is C11H18O5. The van der Waals surface area contributed by atoms with E-state index in [9.17, 15) is 9.59 Å². The molecule has 1 N–H and O–H groups in total. The van der Waals surface area contributed by atoms with E-state index in [1.807, 2.05) is 0 Å². The predicted octanol–water partition coefficient (Wildman–Crippen LogP) is 1.37. The largest absolute Gasteiger partial charge is 0.479 e. The second-order valence-electron chi connectivity index (χ2n) is 4.49. The number of carbonyl (C=O) groups is 2. The maximum atomic E-state index is 11.0. The van der Waals surface area contributed by atoms with Gasteiger partial charge in [0.1, 0.15) is 5.60 Å². The Morgan fingerprint density at radius 1 is 1.31 bits per heavy atom. The summed E-state index contributed by atoms with van der Waals surface area (Å²) in [5.74, 6) is -1.64. The smallest absolute Gasteiger partial charge is 0.335 e. The zero-order valence-corrected chi connectivity index (χ0v) is 10.1. The Hall–Kier alpha value is -1.36. The maximum Gasteiger partial charge on any atom is 0.335 e. The monoisotopic (exact) mass is 230 g/mol. The lowest BCUT2D eigenvalue weighted by atomic mass is 10.1. The molecule has 0 heterocycles. The number of esters is 1. The van der Waals surface area contributed by atoms with Crippen LogP contribution in [0.25, 0.3) is 0 Å². The van der Waals surface area contributed by atoms with Crippen LogP contribution in [0.15, 0.2) is 12.7 Å². The highest BCUT2D eigenvalue weighted by atomic mass is 16.6. The molecule has 0 aliphatic heterocycles. The standard InChI is InChI=1S/C11H18O5/c1-6-8(12)16-10(2,3)7-15-11(4,5)9(13)14/h6H,1,7H2,2-5H3,(H,13,14). The molecule has 0 rings (SSSR count). The highest BCUT2D eigenvalue weighted by molar-refractivity contribution is 5.81. The summed E-state index contributed by atoms with van der Waals surface area (Å²) in [4.78, 5) is 21.7. The van der Waals surface area contributed by atoms with Gasteiger partial charge in [-0.3, -0.25) is 0 Å². The van der Waals surface area contributed by atoms with Gasteiger partial charge in [-0.2, -0.15) is 0 Å². The van der Waals surface area contributed by atoms with E-state index >= 15 is 0 Å². The van der Waals surface area contributed by atoms with Crippen molar-refractivity contribution in [1.29, 1.82) is 0 Å². The Balaban J connectivity index is 4.33. The van der Waals surface area contributed by atoms with E-state index in [-0.39, 0.29) is 6.61 Å². The van der Waals surface area contributed by atoms with Gasteiger partial charge in [-0.15, -0.1) is 0 Å². The normalized spacial score (nSPS) is 12.0. The van der Waals surface area contributed by atoms with Crippen LogP contribution in [0.4, 0.5) is 0 Å². The molecule has 0 bridgehead atoms. The molecule has 5 nitrogen and oxygen atoms in total. The SMILES string of the molecule is C=CC(=O)OC(C)(C)COC(C)(C)C(=O)O. The van der Waals surface area contributed by atoms with Gasteiger partial charge in [-0.25, -0.2) is 9.59 Å². The van der Waals surface area contributed by atoms with Crippen molar-refractivity contribution in [3.8, 4) is 0 Å². The van der Waals surface area contributed by atoms with E-state index in [0.29, 0.717) is 0 Å². The maximum absolute atomic E-state index is 11.0. The second kappa shape index (κ2) is 5.12. The lowest BCUT2D eigenvalue weighted by molar-refractivity contribution is -0.175. The summed E-state index contributed by atoms with van der Waals surface area (Å²) in [6.45, 7) is 9.39. The molecule has 0 saturated carbocycles. The molecule has 0 atom stereocenters. The molecule has 0 aliphatic rings. The number of carboxylic acid groups (broad SMARTS) is 1. The van der Waals surface area contributed by atoms with Crippen LogP contribution in [0.5, 0.6) is 0 Å². The van der Waals surface area contributed by atoms with Gasteiger partial charge in [0.25, 0.3) is 0 Å². The number of aliphatic carboxylic acids is 1. The summed E-state index contributed by atoms with van der Waals surface area (Å²) < 4.78 is 10.2. The van der Waals surface area contributed by atoms with E-state index in [2.05, 4.69) is 6.58 Å². The molecule has 0 aromatic carbocycles. The molecule has 0 saturated heterocycles. The number of hydrogen-bond acceptors (Lipinski definition) is 4. The molecule has 92 valence electrons. The molecule has 0 amide bonds. The fourth-order valence-electron chi connectivity index (χ4n) is 0.759. The highest BCUT2D eigenvalue weighted by Crippen LogP contribution is 2.16. The van der Waals surface area contributed by atoms with Crippen molar-refractivity contribution in [1.82, 2.24) is 0 Å². The average Bonchev–Trinajstić information content (AvgIpc) is 2.14. The van der Waals surface area contributed by atoms with Gasteiger partial charge in [0.15, 0.2) is 5.60 Å². The van der Waals surface area contributed by atoms with Crippen LogP contribution < -0.4 is 0 Å². The van der Waals surface area contributed by atoms with Crippen molar-refractivity contribution < 1.29 is 24.2 Å². The first-order valence-corrected chi connectivity index (χ1v) is 4.83. The summed E-state index contributed by atoms with van der Waals surface area (Å²) >= 11 is 0. The minimum atomic E-state index is -1.31. The summed E-state index contributed by atoms with van der Waals surface area (Å²) in [5.41, 5.74) is -2.20. The number of carbonyl (C=O) groups excluding carboxylic acids is 1. The fourth-order valence-corrected chi connectivity index (χ4v) is 0.759. The van der Waals surface area contributed by atoms with E-state index in [0.717, 1.165) is 6.08 Å². The summed E-state index contributed by atoms with van der Waals surface area (Å²) in [6, 6.07) is 0. The van der Waals surface area contributed by atoms with E-state index in [4.69, 9.17) is 14.6 Å². The summed E-state index contributed by atoms with van der Waals surface area (Å²) in [5, 5.41) is 8.82. The predicted molar refractivity (Wildman–Crippen MR) is 58.0 cm³/mol. The van der Waals surface area contributed by atoms with E-state index in [1.54, 1.807) is 13.8 Å². The van der Waals surface area contributed by atoms with Crippen molar-refractivity contribution in [2.75, 3.05) is 6.61 Å². The van der Waals surface area contributed by atoms with Crippen molar-refractivity contribution in [2.45, 2.75) is 38.9 Å². The Bertz CT molecular complexity index is 291. The Kier molecular flexibility index (Phi) is 4.68. The Labute approximate surface area is 95.0 Å². The fraction of sp³-hybridized carbons (Fsp3) is 0.636. The molecule has 0 unspecified atom stereocenters. The lowest BCUT2D eigenvalue weighted by Crippen LogP contribution is -2.41. The molecular weight excluding hydrogens is 212 g/mol. The molecule has 0 aromatic heterocycles. The Morgan fingerprint density at radius 2 is 1.81 bits per heavy atom. The van der Waals surface area contributed by atoms with Gasteiger partial charge in [-0.1, -0.05) is 6.58 Å². The number of carboxylic acids is 1. The van der Waals surface area contributed by atoms with E-state index in [1.165, 1.54) is 13.8 Å². The third-order valence-corrected chi connectivity index (χ3v) is 1.84. The molecule has 0 radical (unpaired) electrons. The molecule has 5 heteroatoms. The highest BCUT2D eigenvalue weighted by Gasteiger charge is 2.32. The minimum absolute atomic E-state index is 0.00806. The first kappa shape index (κ1) is 14.6. The van der Waals surface area contributed by atoms with Gasteiger partial charge >= 0.3 is 11.9 Å². The molecule has 0 aliphatic carbocycles. The topological polar surface area (TPSA) is 72.8 Å². The first-order valence-electron chi connectivity index (χ1n) is 4.83. The minimum Gasteiger partial charge on any atom is -0.479 e. The van der Waals surface area contributed by atoms with Crippen molar-refractivity contribution >= 4 is 11.9 Å². The summed E-state index contributed by atoms with van der Waals surface area (Å²) in [7, 11) is 0. The third kappa shape index (κ3) is 4.93. The van der Waals surface area contributed by atoms with Gasteiger partial charge in [-0.05, 0) is 27.7 Å². The quantitative estimate of drug-likeness (QED) is 0.551. The summed E-state index contributed by atoms with van der Waals surface area (Å²) in [6.07, 6.45) is 1.05. The van der Waals surface area contributed by atoms with Gasteiger partial charge in [0.2, 0.25) is 0 Å². The third-order valence-electron chi connectivity index (χ3n) is 1.84. The van der Waals surface area contributed by atoms with Crippen LogP contribution in [0.3, 0.4) is 0 Å². The van der Waals surface area contributed by atoms with Crippen molar-refractivity contribution in [3.63, 3.8) is 0 Å². The average molecular weight is 230 g/mol. The van der Waals surface area contributed by atoms with Crippen LogP contribution in [0.2, 0.25) is 0 Å². The second-order valence-corrected chi connectivity index (χ2v) is 4.49. The molecule has 16 heavy (non-hydrogen) atoms. The number of rotatable bonds is 6. The van der Waals surface area contributed by atoms with Gasteiger partial charge in [0, 0.05) is 6.08 Å². The van der Waals surface area contributed by atoms with Crippen LogP contribution in [-0.2, 0) is 19.1 Å². The first-order chi connectivity index (χ1) is 7.10. The van der Waals surface area contributed by atoms with Crippen LogP contribution in [0, 0.1) is 0 Å². The number of hydrogen-bond donors (Lipinski definition) is 1. The van der Waals surface area contributed by atoms with Crippen LogP contribution >= 0.6 is 0 Å². The molecule has 0 fully saturated rings. The molecule has 0 spiro atoms. The van der Waals surface area contributed by atoms with Gasteiger partial charge in [0.05, 0.1) is 6.61 Å². The van der Waals surface area contributed by atoms with Crippen LogP contribution in [-0.4, -0.2) is 34.9 Å². The zero-order valence-electron chi connectivity index (χ0n) is 10.1. The van der Waals surface area contributed by atoms with Gasteiger partial charge < -0.3 is 14.6 Å². The van der Waals surface area contributed by atoms with Crippen LogP contribution in [0.1, 0.15) is 27.7 Å². The van der Waals surface area contributed by atoms with Crippen molar-refractivity contribution in [3.05, 3.63) is 12.7 Å². The zero-order chi connectivity index (χ0) is 13.0. The lowest BCUT2D eigenvalue weighted by Gasteiger charge is -2.28.